The Labute approximate surface area is 105 Å². The Morgan fingerprint density at radius 2 is 2.28 bits per heavy atom. The molecule has 4 nitrogen and oxygen atoms in total. The molecule has 0 spiro atoms. The monoisotopic (exact) mass is 244 g/mol. The molecule has 0 saturated heterocycles. The van der Waals surface area contributed by atoms with E-state index < -0.39 is 5.82 Å². The Hall–Kier alpha value is -2.35. The first kappa shape index (κ1) is 12.1. The fourth-order valence-corrected chi connectivity index (χ4v) is 1.66. The standard InChI is InChI=1S/C13H13FN4/c1-10-8-17-18(9-10)3-2-16-13-5-11(7-15)4-12(14)6-13/h4-6,8-9,16H,2-3H2,1H3. The number of nitriles is 1. The summed E-state index contributed by atoms with van der Waals surface area (Å²) in [6.45, 7) is 3.28. The Bertz CT molecular complexity index is 583. The number of hydrogen-bond donors (Lipinski definition) is 1. The molecule has 18 heavy (non-hydrogen) atoms. The minimum atomic E-state index is -0.411. The molecule has 0 aliphatic heterocycles. The third kappa shape index (κ3) is 3.08. The van der Waals surface area contributed by atoms with Gasteiger partial charge in [-0.15, -0.1) is 0 Å². The first-order valence-corrected chi connectivity index (χ1v) is 5.61. The van der Waals surface area contributed by atoms with Crippen LogP contribution in [0.25, 0.3) is 0 Å². The zero-order valence-electron chi connectivity index (χ0n) is 10.0. The highest BCUT2D eigenvalue weighted by Gasteiger charge is 2.00. The number of nitrogens with zero attached hydrogens (tertiary/aromatic N) is 3. The summed E-state index contributed by atoms with van der Waals surface area (Å²) in [5.74, 6) is -0.411. The number of benzene rings is 1. The number of nitrogens with one attached hydrogen (secondary N) is 1. The molecule has 2 aromatic rings. The quantitative estimate of drug-likeness (QED) is 0.898. The number of aromatic nitrogens is 2. The zero-order chi connectivity index (χ0) is 13.0. The van der Waals surface area contributed by atoms with Crippen LogP contribution >= 0.6 is 0 Å². The van der Waals surface area contributed by atoms with Crippen LogP contribution in [-0.2, 0) is 6.54 Å². The van der Waals surface area contributed by atoms with Crippen molar-refractivity contribution in [2.24, 2.45) is 0 Å². The van der Waals surface area contributed by atoms with Crippen molar-refractivity contribution in [3.8, 4) is 6.07 Å². The maximum absolute atomic E-state index is 13.2. The van der Waals surface area contributed by atoms with Crippen LogP contribution < -0.4 is 5.32 Å². The van der Waals surface area contributed by atoms with Crippen LogP contribution in [0.5, 0.6) is 0 Å². The minimum absolute atomic E-state index is 0.312. The van der Waals surface area contributed by atoms with E-state index in [9.17, 15) is 4.39 Å². The van der Waals surface area contributed by atoms with Gasteiger partial charge in [-0.25, -0.2) is 4.39 Å². The van der Waals surface area contributed by atoms with Crippen molar-refractivity contribution in [1.82, 2.24) is 9.78 Å². The van der Waals surface area contributed by atoms with E-state index in [4.69, 9.17) is 5.26 Å². The Morgan fingerprint density at radius 3 is 2.94 bits per heavy atom. The highest BCUT2D eigenvalue weighted by atomic mass is 19.1. The van der Waals surface area contributed by atoms with Gasteiger partial charge < -0.3 is 5.32 Å². The zero-order valence-corrected chi connectivity index (χ0v) is 10.0. The fourth-order valence-electron chi connectivity index (χ4n) is 1.66. The Morgan fingerprint density at radius 1 is 1.44 bits per heavy atom. The third-order valence-corrected chi connectivity index (χ3v) is 2.46. The number of anilines is 1. The molecule has 0 amide bonds. The second-order valence-electron chi connectivity index (χ2n) is 4.05. The maximum atomic E-state index is 13.2. The molecular weight excluding hydrogens is 231 g/mol. The molecule has 1 aromatic carbocycles. The van der Waals surface area contributed by atoms with Crippen molar-refractivity contribution in [3.05, 3.63) is 47.5 Å². The van der Waals surface area contributed by atoms with E-state index >= 15 is 0 Å². The molecule has 5 heteroatoms. The summed E-state index contributed by atoms with van der Waals surface area (Å²) >= 11 is 0. The van der Waals surface area contributed by atoms with Crippen LogP contribution in [-0.4, -0.2) is 16.3 Å². The van der Waals surface area contributed by atoms with Gasteiger partial charge in [-0.3, -0.25) is 4.68 Å². The van der Waals surface area contributed by atoms with E-state index in [-0.39, 0.29) is 0 Å². The van der Waals surface area contributed by atoms with Crippen LogP contribution in [0, 0.1) is 24.1 Å². The van der Waals surface area contributed by atoms with Gasteiger partial charge in [-0.1, -0.05) is 0 Å². The molecule has 0 radical (unpaired) electrons. The molecule has 2 rings (SSSR count). The van der Waals surface area contributed by atoms with Gasteiger partial charge in [0.05, 0.1) is 24.4 Å². The van der Waals surface area contributed by atoms with Crippen LogP contribution in [0.15, 0.2) is 30.6 Å². The Kier molecular flexibility index (Phi) is 3.58. The van der Waals surface area contributed by atoms with Crippen LogP contribution in [0.4, 0.5) is 10.1 Å². The van der Waals surface area contributed by atoms with Crippen LogP contribution in [0.3, 0.4) is 0 Å². The first-order valence-electron chi connectivity index (χ1n) is 5.61. The summed E-state index contributed by atoms with van der Waals surface area (Å²) in [5, 5.41) is 15.9. The lowest BCUT2D eigenvalue weighted by atomic mass is 10.2. The minimum Gasteiger partial charge on any atom is -0.383 e. The van der Waals surface area contributed by atoms with Gasteiger partial charge in [0.15, 0.2) is 0 Å². The highest BCUT2D eigenvalue weighted by Crippen LogP contribution is 2.13. The lowest BCUT2D eigenvalue weighted by Crippen LogP contribution is -2.11. The van der Waals surface area contributed by atoms with Crippen LogP contribution in [0.1, 0.15) is 11.1 Å². The average Bonchev–Trinajstić information content (AvgIpc) is 2.74. The normalized spacial score (nSPS) is 10.1. The molecule has 0 atom stereocenters. The fraction of sp³-hybridized carbons (Fsp3) is 0.231. The lowest BCUT2D eigenvalue weighted by Gasteiger charge is -2.07. The predicted octanol–water partition coefficient (Wildman–Crippen LogP) is 2.31. The third-order valence-electron chi connectivity index (χ3n) is 2.46. The van der Waals surface area contributed by atoms with Gasteiger partial charge in [-0.2, -0.15) is 10.4 Å². The molecule has 1 aromatic heterocycles. The summed E-state index contributed by atoms with van der Waals surface area (Å²) in [4.78, 5) is 0. The molecule has 0 aliphatic rings. The average molecular weight is 244 g/mol. The van der Waals surface area contributed by atoms with Crippen molar-refractivity contribution >= 4 is 5.69 Å². The molecule has 0 fully saturated rings. The van der Waals surface area contributed by atoms with E-state index in [0.29, 0.717) is 24.3 Å². The number of halogens is 1. The smallest absolute Gasteiger partial charge is 0.126 e. The van der Waals surface area contributed by atoms with Gasteiger partial charge in [0.25, 0.3) is 0 Å². The maximum Gasteiger partial charge on any atom is 0.126 e. The van der Waals surface area contributed by atoms with E-state index in [2.05, 4.69) is 10.4 Å². The van der Waals surface area contributed by atoms with E-state index in [0.717, 1.165) is 5.56 Å². The summed E-state index contributed by atoms with van der Waals surface area (Å²) < 4.78 is 15.0. The molecule has 0 saturated carbocycles. The highest BCUT2D eigenvalue weighted by molar-refractivity contribution is 5.49. The molecule has 92 valence electrons. The molecule has 0 aliphatic carbocycles. The van der Waals surface area contributed by atoms with Crippen molar-refractivity contribution in [2.45, 2.75) is 13.5 Å². The molecule has 0 bridgehead atoms. The first-order chi connectivity index (χ1) is 8.67. The lowest BCUT2D eigenvalue weighted by molar-refractivity contribution is 0.625. The predicted molar refractivity (Wildman–Crippen MR) is 66.6 cm³/mol. The summed E-state index contributed by atoms with van der Waals surface area (Å²) in [6, 6.07) is 6.13. The van der Waals surface area contributed by atoms with Crippen molar-refractivity contribution in [1.29, 1.82) is 5.26 Å². The summed E-state index contributed by atoms with van der Waals surface area (Å²) in [7, 11) is 0. The van der Waals surface area contributed by atoms with Crippen molar-refractivity contribution < 1.29 is 4.39 Å². The van der Waals surface area contributed by atoms with Crippen molar-refractivity contribution in [2.75, 3.05) is 11.9 Å². The van der Waals surface area contributed by atoms with Crippen molar-refractivity contribution in [3.63, 3.8) is 0 Å². The summed E-state index contributed by atoms with van der Waals surface area (Å²) in [6.07, 6.45) is 3.73. The summed E-state index contributed by atoms with van der Waals surface area (Å²) in [5.41, 5.74) is 2.02. The molecule has 0 unspecified atom stereocenters. The topological polar surface area (TPSA) is 53.6 Å². The number of aryl methyl sites for hydroxylation is 1. The number of rotatable bonds is 4. The van der Waals surface area contributed by atoms with Crippen LogP contribution in [0.2, 0.25) is 0 Å². The Balaban J connectivity index is 1.94. The van der Waals surface area contributed by atoms with Gasteiger partial charge in [0, 0.05) is 18.4 Å². The van der Waals surface area contributed by atoms with E-state index in [1.54, 1.807) is 12.3 Å². The largest absolute Gasteiger partial charge is 0.383 e. The van der Waals surface area contributed by atoms with E-state index in [1.165, 1.54) is 12.1 Å². The molecule has 1 heterocycles. The van der Waals surface area contributed by atoms with Gasteiger partial charge in [-0.05, 0) is 30.7 Å². The van der Waals surface area contributed by atoms with Gasteiger partial charge >= 0.3 is 0 Å². The second-order valence-corrected chi connectivity index (χ2v) is 4.05. The molecular formula is C13H13FN4. The van der Waals surface area contributed by atoms with Gasteiger partial charge in [0.2, 0.25) is 0 Å². The SMILES string of the molecule is Cc1cnn(CCNc2cc(F)cc(C#N)c2)c1. The second kappa shape index (κ2) is 5.32. The number of hydrogen-bond acceptors (Lipinski definition) is 3. The molecule has 1 N–H and O–H groups in total. The van der Waals surface area contributed by atoms with Gasteiger partial charge in [0.1, 0.15) is 5.82 Å². The van der Waals surface area contributed by atoms with E-state index in [1.807, 2.05) is 23.9 Å².